The van der Waals surface area contributed by atoms with Crippen LogP contribution in [0.25, 0.3) is 16.3 Å². The SMILES string of the molecule is CC(C)C1CC2C(c3cccc4ccccc34)=CC=CC2C1[Si](C)(C)N1CCNCC1. The van der Waals surface area contributed by atoms with E-state index < -0.39 is 8.24 Å². The van der Waals surface area contributed by atoms with Crippen molar-refractivity contribution in [3.63, 3.8) is 0 Å². The molecular weight excluding hydrogens is 392 g/mol. The molecule has 0 aromatic heterocycles. The fourth-order valence-electron chi connectivity index (χ4n) is 7.03. The highest BCUT2D eigenvalue weighted by atomic mass is 28.3. The van der Waals surface area contributed by atoms with Crippen LogP contribution < -0.4 is 5.32 Å². The van der Waals surface area contributed by atoms with Gasteiger partial charge in [0, 0.05) is 26.2 Å². The van der Waals surface area contributed by atoms with Crippen LogP contribution in [0.5, 0.6) is 0 Å². The topological polar surface area (TPSA) is 15.3 Å². The van der Waals surface area contributed by atoms with E-state index in [1.54, 1.807) is 5.57 Å². The number of benzene rings is 2. The molecule has 4 unspecified atom stereocenters. The van der Waals surface area contributed by atoms with Crippen LogP contribution in [0.15, 0.2) is 60.7 Å². The number of piperazine rings is 1. The second-order valence-electron chi connectivity index (χ2n) is 10.8. The number of nitrogens with one attached hydrogen (secondary N) is 1. The molecule has 4 atom stereocenters. The zero-order valence-electron chi connectivity index (χ0n) is 19.6. The lowest BCUT2D eigenvalue weighted by atomic mass is 9.80. The molecule has 2 nitrogen and oxygen atoms in total. The first-order chi connectivity index (χ1) is 15.0. The quantitative estimate of drug-likeness (QED) is 0.583. The van der Waals surface area contributed by atoms with Crippen LogP contribution in [-0.4, -0.2) is 39.0 Å². The first kappa shape index (κ1) is 21.2. The highest BCUT2D eigenvalue weighted by Gasteiger charge is 2.54. The van der Waals surface area contributed by atoms with E-state index in [1.165, 1.54) is 35.8 Å². The van der Waals surface area contributed by atoms with Gasteiger partial charge in [-0.15, -0.1) is 0 Å². The highest BCUT2D eigenvalue weighted by Crippen LogP contribution is 2.59. The van der Waals surface area contributed by atoms with Gasteiger partial charge in [-0.25, -0.2) is 0 Å². The van der Waals surface area contributed by atoms with Crippen molar-refractivity contribution >= 4 is 24.6 Å². The molecular formula is C28H38N2Si. The third-order valence-corrected chi connectivity index (χ3v) is 13.1. The molecule has 1 heterocycles. The third kappa shape index (κ3) is 3.65. The summed E-state index contributed by atoms with van der Waals surface area (Å²) < 4.78 is 2.91. The van der Waals surface area contributed by atoms with E-state index in [4.69, 9.17) is 0 Å². The van der Waals surface area contributed by atoms with E-state index in [1.807, 2.05) is 0 Å². The normalized spacial score (nSPS) is 29.4. The summed E-state index contributed by atoms with van der Waals surface area (Å²) >= 11 is 0. The molecule has 0 radical (unpaired) electrons. The van der Waals surface area contributed by atoms with Crippen LogP contribution in [0, 0.1) is 23.7 Å². The van der Waals surface area contributed by atoms with Gasteiger partial charge < -0.3 is 9.88 Å². The molecule has 1 aliphatic heterocycles. The van der Waals surface area contributed by atoms with E-state index >= 15 is 0 Å². The van der Waals surface area contributed by atoms with Crippen molar-refractivity contribution < 1.29 is 0 Å². The van der Waals surface area contributed by atoms with Gasteiger partial charge in [0.05, 0.1) is 0 Å². The van der Waals surface area contributed by atoms with E-state index in [9.17, 15) is 0 Å². The highest BCUT2D eigenvalue weighted by molar-refractivity contribution is 6.76. The first-order valence-corrected chi connectivity index (χ1v) is 15.3. The molecule has 3 aliphatic rings. The van der Waals surface area contributed by atoms with Gasteiger partial charge in [-0.1, -0.05) is 87.6 Å². The van der Waals surface area contributed by atoms with E-state index in [2.05, 4.69) is 97.5 Å². The maximum Gasteiger partial charge on any atom is 0.126 e. The van der Waals surface area contributed by atoms with E-state index in [0.717, 1.165) is 30.5 Å². The maximum absolute atomic E-state index is 3.57. The van der Waals surface area contributed by atoms with Gasteiger partial charge >= 0.3 is 0 Å². The summed E-state index contributed by atoms with van der Waals surface area (Å²) in [6.45, 7) is 15.1. The molecule has 1 saturated heterocycles. The van der Waals surface area contributed by atoms with Crippen molar-refractivity contribution in [2.45, 2.75) is 38.9 Å². The number of nitrogens with zero attached hydrogens (tertiary/aromatic N) is 1. The van der Waals surface area contributed by atoms with Crippen LogP contribution in [-0.2, 0) is 0 Å². The zero-order chi connectivity index (χ0) is 21.6. The summed E-state index contributed by atoms with van der Waals surface area (Å²) in [5, 5.41) is 6.34. The van der Waals surface area contributed by atoms with Crippen molar-refractivity contribution in [1.29, 1.82) is 0 Å². The lowest BCUT2D eigenvalue weighted by Gasteiger charge is -2.48. The lowest BCUT2D eigenvalue weighted by Crippen LogP contribution is -2.60. The molecule has 1 saturated carbocycles. The summed E-state index contributed by atoms with van der Waals surface area (Å²) in [4.78, 5) is 0. The minimum Gasteiger partial charge on any atom is -0.321 e. The van der Waals surface area contributed by atoms with Crippen LogP contribution in [0.3, 0.4) is 0 Å². The molecule has 2 fully saturated rings. The smallest absolute Gasteiger partial charge is 0.126 e. The van der Waals surface area contributed by atoms with Crippen molar-refractivity contribution in [3.8, 4) is 0 Å². The minimum absolute atomic E-state index is 0.655. The van der Waals surface area contributed by atoms with E-state index in [-0.39, 0.29) is 0 Å². The average molecular weight is 431 g/mol. The van der Waals surface area contributed by atoms with E-state index in [0.29, 0.717) is 11.8 Å². The Morgan fingerprint density at radius 1 is 1.00 bits per heavy atom. The Balaban J connectivity index is 1.54. The monoisotopic (exact) mass is 430 g/mol. The van der Waals surface area contributed by atoms with Crippen molar-refractivity contribution in [1.82, 2.24) is 9.88 Å². The molecule has 0 bridgehead atoms. The molecule has 2 aromatic rings. The van der Waals surface area contributed by atoms with Gasteiger partial charge in [-0.3, -0.25) is 0 Å². The minimum atomic E-state index is -1.57. The van der Waals surface area contributed by atoms with Crippen LogP contribution >= 0.6 is 0 Å². The largest absolute Gasteiger partial charge is 0.321 e. The fourth-order valence-corrected chi connectivity index (χ4v) is 11.7. The summed E-state index contributed by atoms with van der Waals surface area (Å²) in [5.74, 6) is 2.89. The summed E-state index contributed by atoms with van der Waals surface area (Å²) in [6, 6.07) is 15.8. The van der Waals surface area contributed by atoms with Crippen molar-refractivity contribution in [2.24, 2.45) is 23.7 Å². The van der Waals surface area contributed by atoms with Crippen LogP contribution in [0.1, 0.15) is 25.8 Å². The summed E-state index contributed by atoms with van der Waals surface area (Å²) in [5.41, 5.74) is 3.87. The maximum atomic E-state index is 3.57. The number of hydrogen-bond donors (Lipinski definition) is 1. The summed E-state index contributed by atoms with van der Waals surface area (Å²) in [6.07, 6.45) is 8.75. The Morgan fingerprint density at radius 3 is 2.52 bits per heavy atom. The zero-order valence-corrected chi connectivity index (χ0v) is 20.6. The molecule has 0 spiro atoms. The number of hydrogen-bond acceptors (Lipinski definition) is 2. The molecule has 164 valence electrons. The molecule has 31 heavy (non-hydrogen) atoms. The first-order valence-electron chi connectivity index (χ1n) is 12.3. The van der Waals surface area contributed by atoms with Gasteiger partial charge in [0.25, 0.3) is 0 Å². The van der Waals surface area contributed by atoms with Gasteiger partial charge in [0.1, 0.15) is 8.24 Å². The molecule has 2 aliphatic carbocycles. The average Bonchev–Trinajstić information content (AvgIpc) is 3.20. The van der Waals surface area contributed by atoms with Crippen molar-refractivity contribution in [2.75, 3.05) is 26.2 Å². The summed E-state index contributed by atoms with van der Waals surface area (Å²) in [7, 11) is -1.57. The van der Waals surface area contributed by atoms with Gasteiger partial charge in [-0.05, 0) is 57.5 Å². The number of fused-ring (bicyclic) bond motifs is 2. The Labute approximate surface area is 189 Å². The molecule has 0 amide bonds. The van der Waals surface area contributed by atoms with Gasteiger partial charge in [0.2, 0.25) is 0 Å². The lowest BCUT2D eigenvalue weighted by molar-refractivity contribution is 0.320. The Kier molecular flexibility index (Phi) is 5.70. The molecule has 1 N–H and O–H groups in total. The van der Waals surface area contributed by atoms with Crippen molar-refractivity contribution in [3.05, 3.63) is 66.3 Å². The second kappa shape index (κ2) is 8.35. The fraction of sp³-hybridized carbons (Fsp3) is 0.500. The predicted octanol–water partition coefficient (Wildman–Crippen LogP) is 6.18. The molecule has 5 rings (SSSR count). The Bertz CT molecular complexity index is 994. The third-order valence-electron chi connectivity index (χ3n) is 8.58. The van der Waals surface area contributed by atoms with Crippen LogP contribution in [0.4, 0.5) is 0 Å². The van der Waals surface area contributed by atoms with Gasteiger partial charge in [0.15, 0.2) is 0 Å². The molecule has 2 aromatic carbocycles. The van der Waals surface area contributed by atoms with Crippen LogP contribution in [0.2, 0.25) is 18.6 Å². The second-order valence-corrected chi connectivity index (χ2v) is 15.4. The Morgan fingerprint density at radius 2 is 1.74 bits per heavy atom. The number of rotatable bonds is 4. The molecule has 3 heteroatoms. The number of allylic oxidation sites excluding steroid dienone is 4. The standard InChI is InChI=1S/C28H38N2Si/c1-20(2)26-19-27-24(23-12-7-10-21-9-5-6-11-22(21)23)13-8-14-25(27)28(26)31(3,4)30-17-15-29-16-18-30/h5-14,20,25-29H,15-19H2,1-4H3. The predicted molar refractivity (Wildman–Crippen MR) is 137 cm³/mol. The Hall–Kier alpha value is -1.68. The van der Waals surface area contributed by atoms with Gasteiger partial charge in [-0.2, -0.15) is 0 Å².